The van der Waals surface area contributed by atoms with E-state index in [0.717, 1.165) is 63.1 Å². The van der Waals surface area contributed by atoms with E-state index in [1.807, 2.05) is 4.90 Å². The fraction of sp³-hybridized carbons (Fsp3) is 0.545. The van der Waals surface area contributed by atoms with Crippen LogP contribution in [0.1, 0.15) is 60.3 Å². The summed E-state index contributed by atoms with van der Waals surface area (Å²) < 4.78 is 32.0. The second-order valence-corrected chi connectivity index (χ2v) is 8.41. The van der Waals surface area contributed by atoms with Gasteiger partial charge in [-0.15, -0.1) is 0 Å². The predicted octanol–water partition coefficient (Wildman–Crippen LogP) is 4.20. The van der Waals surface area contributed by atoms with E-state index < -0.39 is 11.6 Å². The minimum atomic E-state index is -0.826. The maximum Gasteiger partial charge on any atom is 0.292 e. The summed E-state index contributed by atoms with van der Waals surface area (Å²) in [4.78, 5) is 16.7. The highest BCUT2D eigenvalue weighted by atomic mass is 19.2. The van der Waals surface area contributed by atoms with Gasteiger partial charge in [0.1, 0.15) is 0 Å². The quantitative estimate of drug-likeness (QED) is 0.768. The van der Waals surface area contributed by atoms with Crippen LogP contribution in [-0.4, -0.2) is 47.0 Å². The van der Waals surface area contributed by atoms with Gasteiger partial charge < -0.3 is 9.42 Å². The predicted molar refractivity (Wildman–Crippen MR) is 104 cm³/mol. The third-order valence-electron chi connectivity index (χ3n) is 6.12. The van der Waals surface area contributed by atoms with E-state index in [0.29, 0.717) is 18.2 Å². The molecule has 1 amide bonds. The molecule has 1 atom stereocenters. The van der Waals surface area contributed by atoms with Crippen molar-refractivity contribution in [1.82, 2.24) is 15.0 Å². The SMILES string of the molecule is CC1CCN(C(=O)c2cc([C@@H]3CCCN(Cc4ccc(F)c(F)c4)C3)no2)CC1. The van der Waals surface area contributed by atoms with Crippen molar-refractivity contribution in [2.75, 3.05) is 26.2 Å². The summed E-state index contributed by atoms with van der Waals surface area (Å²) in [5.41, 5.74) is 1.55. The van der Waals surface area contributed by atoms with Gasteiger partial charge in [0.25, 0.3) is 5.91 Å². The molecule has 2 aromatic rings. The fourth-order valence-electron chi connectivity index (χ4n) is 4.29. The molecule has 0 spiro atoms. The molecule has 2 aliphatic heterocycles. The highest BCUT2D eigenvalue weighted by Gasteiger charge is 2.28. The molecule has 7 heteroatoms. The third-order valence-corrected chi connectivity index (χ3v) is 6.12. The Hall–Kier alpha value is -2.28. The van der Waals surface area contributed by atoms with Crippen LogP contribution in [0.5, 0.6) is 0 Å². The van der Waals surface area contributed by atoms with Gasteiger partial charge in [0, 0.05) is 38.2 Å². The summed E-state index contributed by atoms with van der Waals surface area (Å²) in [7, 11) is 0. The zero-order chi connectivity index (χ0) is 20.4. The molecule has 1 aromatic heterocycles. The van der Waals surface area contributed by atoms with Gasteiger partial charge in [0.05, 0.1) is 5.69 Å². The number of halogens is 2. The number of carbonyl (C=O) groups excluding carboxylic acids is 1. The van der Waals surface area contributed by atoms with Crippen LogP contribution in [0, 0.1) is 17.6 Å². The molecule has 2 aliphatic rings. The highest BCUT2D eigenvalue weighted by molar-refractivity contribution is 5.91. The molecule has 0 saturated carbocycles. The number of likely N-dealkylation sites (tertiary alicyclic amines) is 2. The Kier molecular flexibility index (Phi) is 5.94. The second kappa shape index (κ2) is 8.61. The first-order chi connectivity index (χ1) is 14.0. The summed E-state index contributed by atoms with van der Waals surface area (Å²) in [5, 5.41) is 4.18. The summed E-state index contributed by atoms with van der Waals surface area (Å²) in [6.07, 6.45) is 3.99. The zero-order valence-electron chi connectivity index (χ0n) is 16.7. The molecule has 0 bridgehead atoms. The molecule has 0 radical (unpaired) electrons. The molecule has 0 aliphatic carbocycles. The van der Waals surface area contributed by atoms with Crippen molar-refractivity contribution in [3.05, 3.63) is 52.9 Å². The van der Waals surface area contributed by atoms with Gasteiger partial charge in [0.15, 0.2) is 11.6 Å². The van der Waals surface area contributed by atoms with E-state index in [1.165, 1.54) is 12.1 Å². The Morgan fingerprint density at radius 2 is 1.93 bits per heavy atom. The molecule has 5 nitrogen and oxygen atoms in total. The average Bonchev–Trinajstić information content (AvgIpc) is 3.21. The van der Waals surface area contributed by atoms with Crippen LogP contribution >= 0.6 is 0 Å². The van der Waals surface area contributed by atoms with Crippen molar-refractivity contribution in [3.63, 3.8) is 0 Å². The second-order valence-electron chi connectivity index (χ2n) is 8.41. The van der Waals surface area contributed by atoms with Crippen LogP contribution in [0.4, 0.5) is 8.78 Å². The van der Waals surface area contributed by atoms with Crippen molar-refractivity contribution in [2.24, 2.45) is 5.92 Å². The number of hydrogen-bond acceptors (Lipinski definition) is 4. The molecule has 156 valence electrons. The first-order valence-electron chi connectivity index (χ1n) is 10.4. The molecule has 0 N–H and O–H groups in total. The Labute approximate surface area is 169 Å². The Balaban J connectivity index is 1.38. The lowest BCUT2D eigenvalue weighted by Crippen LogP contribution is -2.37. The number of hydrogen-bond donors (Lipinski definition) is 0. The molecular formula is C22H27F2N3O2. The minimum absolute atomic E-state index is 0.0786. The van der Waals surface area contributed by atoms with Gasteiger partial charge in [-0.1, -0.05) is 18.1 Å². The number of piperidine rings is 2. The van der Waals surface area contributed by atoms with E-state index >= 15 is 0 Å². The van der Waals surface area contributed by atoms with Crippen LogP contribution in [0.2, 0.25) is 0 Å². The van der Waals surface area contributed by atoms with Gasteiger partial charge in [-0.05, 0) is 55.8 Å². The van der Waals surface area contributed by atoms with E-state index in [2.05, 4.69) is 17.0 Å². The lowest BCUT2D eigenvalue weighted by atomic mass is 9.94. The van der Waals surface area contributed by atoms with Crippen LogP contribution in [0.15, 0.2) is 28.8 Å². The van der Waals surface area contributed by atoms with Gasteiger partial charge >= 0.3 is 0 Å². The van der Waals surface area contributed by atoms with Crippen LogP contribution in [0.3, 0.4) is 0 Å². The number of amides is 1. The van der Waals surface area contributed by atoms with Crippen molar-refractivity contribution >= 4 is 5.91 Å². The lowest BCUT2D eigenvalue weighted by Gasteiger charge is -2.31. The summed E-state index contributed by atoms with van der Waals surface area (Å²) in [6, 6.07) is 5.83. The summed E-state index contributed by atoms with van der Waals surface area (Å²) in [6.45, 7) is 5.95. The number of carbonyl (C=O) groups is 1. The molecule has 0 unspecified atom stereocenters. The van der Waals surface area contributed by atoms with Crippen molar-refractivity contribution < 1.29 is 18.1 Å². The highest BCUT2D eigenvalue weighted by Crippen LogP contribution is 2.28. The maximum atomic E-state index is 13.5. The van der Waals surface area contributed by atoms with Gasteiger partial charge in [0.2, 0.25) is 5.76 Å². The molecule has 4 rings (SSSR count). The summed E-state index contributed by atoms with van der Waals surface area (Å²) >= 11 is 0. The largest absolute Gasteiger partial charge is 0.351 e. The molecule has 3 heterocycles. The number of nitrogens with zero attached hydrogens (tertiary/aromatic N) is 3. The fourth-order valence-corrected chi connectivity index (χ4v) is 4.29. The van der Waals surface area contributed by atoms with Crippen molar-refractivity contribution in [3.8, 4) is 0 Å². The smallest absolute Gasteiger partial charge is 0.292 e. The standard InChI is InChI=1S/C22H27F2N3O2/c1-15-6-9-27(10-7-15)22(28)21-12-20(25-29-21)17-3-2-8-26(14-17)13-16-4-5-18(23)19(24)11-16/h4-5,11-12,15,17H,2-3,6-10,13-14H2,1H3/t17-/m1/s1. The van der Waals surface area contributed by atoms with Crippen LogP contribution < -0.4 is 0 Å². The number of aromatic nitrogens is 1. The van der Waals surface area contributed by atoms with E-state index in [4.69, 9.17) is 4.52 Å². The molecule has 2 saturated heterocycles. The first-order valence-corrected chi connectivity index (χ1v) is 10.4. The van der Waals surface area contributed by atoms with Gasteiger partial charge in [-0.25, -0.2) is 8.78 Å². The minimum Gasteiger partial charge on any atom is -0.351 e. The lowest BCUT2D eigenvalue weighted by molar-refractivity contribution is 0.0655. The molecule has 1 aromatic carbocycles. The monoisotopic (exact) mass is 403 g/mol. The Morgan fingerprint density at radius 1 is 1.14 bits per heavy atom. The summed E-state index contributed by atoms with van der Waals surface area (Å²) in [5.74, 6) is -0.582. The molecule has 2 fully saturated rings. The number of benzene rings is 1. The molecular weight excluding hydrogens is 376 g/mol. The molecule has 29 heavy (non-hydrogen) atoms. The van der Waals surface area contributed by atoms with E-state index in [9.17, 15) is 13.6 Å². The maximum absolute atomic E-state index is 13.5. The Morgan fingerprint density at radius 3 is 2.69 bits per heavy atom. The van der Waals surface area contributed by atoms with Crippen molar-refractivity contribution in [2.45, 2.75) is 45.1 Å². The van der Waals surface area contributed by atoms with Gasteiger partial charge in [-0.2, -0.15) is 0 Å². The zero-order valence-corrected chi connectivity index (χ0v) is 16.7. The number of rotatable bonds is 4. The first kappa shape index (κ1) is 20.0. The topological polar surface area (TPSA) is 49.6 Å². The third kappa shape index (κ3) is 4.66. The van der Waals surface area contributed by atoms with Crippen LogP contribution in [-0.2, 0) is 6.54 Å². The average molecular weight is 403 g/mol. The normalized spacial score (nSPS) is 21.5. The van der Waals surface area contributed by atoms with Gasteiger partial charge in [-0.3, -0.25) is 9.69 Å². The van der Waals surface area contributed by atoms with E-state index in [-0.39, 0.29) is 11.8 Å². The van der Waals surface area contributed by atoms with E-state index in [1.54, 1.807) is 12.1 Å². The Bertz CT molecular complexity index is 861. The van der Waals surface area contributed by atoms with Crippen molar-refractivity contribution in [1.29, 1.82) is 0 Å². The van der Waals surface area contributed by atoms with Crippen LogP contribution in [0.25, 0.3) is 0 Å².